The van der Waals surface area contributed by atoms with Gasteiger partial charge in [-0.15, -0.1) is 0 Å². The molecule has 3 aromatic carbocycles. The molecule has 2 N–H and O–H groups in total. The predicted molar refractivity (Wildman–Crippen MR) is 139 cm³/mol. The third-order valence-electron chi connectivity index (χ3n) is 7.18. The van der Waals surface area contributed by atoms with Crippen molar-refractivity contribution in [3.63, 3.8) is 0 Å². The van der Waals surface area contributed by atoms with Gasteiger partial charge >= 0.3 is 0 Å². The molecule has 0 saturated carbocycles. The zero-order chi connectivity index (χ0) is 26.1. The Hall–Kier alpha value is -3.58. The topological polar surface area (TPSA) is 62.2 Å². The third kappa shape index (κ3) is 5.27. The molecule has 0 spiro atoms. The van der Waals surface area contributed by atoms with Gasteiger partial charge in [0.2, 0.25) is 0 Å². The summed E-state index contributed by atoms with van der Waals surface area (Å²) in [6.45, 7) is 7.15. The van der Waals surface area contributed by atoms with Crippen LogP contribution in [-0.4, -0.2) is 47.3 Å². The van der Waals surface area contributed by atoms with Crippen LogP contribution >= 0.6 is 0 Å². The minimum Gasteiger partial charge on any atom is -0.508 e. The van der Waals surface area contributed by atoms with Gasteiger partial charge in [-0.05, 0) is 79.4 Å². The second kappa shape index (κ2) is 10.4. The van der Waals surface area contributed by atoms with Crippen LogP contribution in [0.25, 0.3) is 11.1 Å². The quantitative estimate of drug-likeness (QED) is 0.381. The van der Waals surface area contributed by atoms with Gasteiger partial charge in [0.1, 0.15) is 35.7 Å². The van der Waals surface area contributed by atoms with Gasteiger partial charge < -0.3 is 19.7 Å². The molecule has 1 saturated heterocycles. The van der Waals surface area contributed by atoms with E-state index in [1.54, 1.807) is 12.1 Å². The number of hydrogen-bond acceptors (Lipinski definition) is 5. The van der Waals surface area contributed by atoms with Crippen molar-refractivity contribution in [2.24, 2.45) is 5.92 Å². The SMILES string of the molecule is CC1CCN(C(C)COc2ccc(C3Oc4ccc(O)cc4C(C(F)F)=C3c3cccc(O)c3)cc2)C1. The Bertz CT molecular complexity index is 1290. The zero-order valence-electron chi connectivity index (χ0n) is 20.9. The number of benzene rings is 3. The van der Waals surface area contributed by atoms with E-state index in [9.17, 15) is 19.0 Å². The molecule has 3 unspecified atom stereocenters. The van der Waals surface area contributed by atoms with Gasteiger partial charge in [-0.3, -0.25) is 4.90 Å². The fourth-order valence-corrected chi connectivity index (χ4v) is 5.18. The Labute approximate surface area is 215 Å². The molecule has 1 fully saturated rings. The molecule has 3 aromatic rings. The van der Waals surface area contributed by atoms with Crippen LogP contribution in [0, 0.1) is 5.92 Å². The van der Waals surface area contributed by atoms with Crippen molar-refractivity contribution in [3.8, 4) is 23.0 Å². The minimum absolute atomic E-state index is 0.0377. The van der Waals surface area contributed by atoms with E-state index in [1.807, 2.05) is 24.3 Å². The average molecular weight is 508 g/mol. The summed E-state index contributed by atoms with van der Waals surface area (Å²) < 4.78 is 41.4. The molecule has 0 aliphatic carbocycles. The van der Waals surface area contributed by atoms with Crippen LogP contribution in [0.4, 0.5) is 8.78 Å². The molecular formula is C30H31F2NO4. The van der Waals surface area contributed by atoms with Crippen molar-refractivity contribution >= 4 is 11.1 Å². The number of halogens is 2. The third-order valence-corrected chi connectivity index (χ3v) is 7.18. The smallest absolute Gasteiger partial charge is 0.265 e. The molecule has 0 aromatic heterocycles. The first-order chi connectivity index (χ1) is 17.8. The molecule has 194 valence electrons. The van der Waals surface area contributed by atoms with E-state index in [-0.39, 0.29) is 34.0 Å². The summed E-state index contributed by atoms with van der Waals surface area (Å²) >= 11 is 0. The van der Waals surface area contributed by atoms with Gasteiger partial charge in [0.05, 0.1) is 0 Å². The van der Waals surface area contributed by atoms with Crippen LogP contribution in [0.5, 0.6) is 23.0 Å². The number of phenolic OH excluding ortho intramolecular Hbond substituents is 2. The summed E-state index contributed by atoms with van der Waals surface area (Å²) in [6, 6.07) is 18.0. The summed E-state index contributed by atoms with van der Waals surface area (Å²) in [4.78, 5) is 2.43. The van der Waals surface area contributed by atoms with Gasteiger partial charge in [-0.2, -0.15) is 0 Å². The molecule has 2 aliphatic heterocycles. The highest BCUT2D eigenvalue weighted by molar-refractivity contribution is 5.97. The standard InChI is InChI=1S/C30H31F2NO4/c1-18-12-13-33(16-18)19(2)17-36-24-9-6-20(7-10-24)29-27(21-4-3-5-22(34)14-21)28(30(31)32)25-15-23(35)8-11-26(25)37-29/h3-11,14-15,18-19,29-30,34-35H,12-13,16-17H2,1-2H3. The van der Waals surface area contributed by atoms with Crippen LogP contribution in [0.1, 0.15) is 43.1 Å². The average Bonchev–Trinajstić information content (AvgIpc) is 3.32. The minimum atomic E-state index is -2.83. The molecular weight excluding hydrogens is 476 g/mol. The molecule has 5 nitrogen and oxygen atoms in total. The van der Waals surface area contributed by atoms with Crippen molar-refractivity contribution in [1.29, 1.82) is 0 Å². The van der Waals surface area contributed by atoms with Crippen LogP contribution in [0.3, 0.4) is 0 Å². The second-order valence-electron chi connectivity index (χ2n) is 9.97. The highest BCUT2D eigenvalue weighted by Gasteiger charge is 2.35. The lowest BCUT2D eigenvalue weighted by molar-refractivity contribution is 0.169. The first kappa shape index (κ1) is 25.1. The number of likely N-dealkylation sites (tertiary alicyclic amines) is 1. The van der Waals surface area contributed by atoms with Gasteiger partial charge in [-0.1, -0.05) is 31.2 Å². The molecule has 0 radical (unpaired) electrons. The highest BCUT2D eigenvalue weighted by Crippen LogP contribution is 2.49. The zero-order valence-corrected chi connectivity index (χ0v) is 20.9. The summed E-state index contributed by atoms with van der Waals surface area (Å²) in [7, 11) is 0. The van der Waals surface area contributed by atoms with Gasteiger partial charge in [0.15, 0.2) is 0 Å². The van der Waals surface area contributed by atoms with E-state index >= 15 is 0 Å². The summed E-state index contributed by atoms with van der Waals surface area (Å²) in [5.41, 5.74) is 1.23. The Balaban J connectivity index is 1.46. The number of alkyl halides is 2. The van der Waals surface area contributed by atoms with Crippen LogP contribution in [-0.2, 0) is 0 Å². The van der Waals surface area contributed by atoms with Gasteiger partial charge in [0, 0.05) is 29.3 Å². The molecule has 0 amide bonds. The van der Waals surface area contributed by atoms with Gasteiger partial charge in [0.25, 0.3) is 6.43 Å². The van der Waals surface area contributed by atoms with Crippen molar-refractivity contribution in [3.05, 3.63) is 83.4 Å². The Kier molecular flexibility index (Phi) is 7.07. The highest BCUT2D eigenvalue weighted by atomic mass is 19.3. The number of aromatic hydroxyl groups is 2. The number of allylic oxidation sites excluding steroid dienone is 1. The monoisotopic (exact) mass is 507 g/mol. The van der Waals surface area contributed by atoms with Crippen molar-refractivity contribution in [1.82, 2.24) is 4.90 Å². The summed E-state index contributed by atoms with van der Waals surface area (Å²) in [5, 5.41) is 20.1. The lowest BCUT2D eigenvalue weighted by atomic mass is 9.85. The Morgan fingerprint density at radius 2 is 1.78 bits per heavy atom. The van der Waals surface area contributed by atoms with Crippen LogP contribution in [0.2, 0.25) is 0 Å². The lowest BCUT2D eigenvalue weighted by Gasteiger charge is -2.32. The number of nitrogens with zero attached hydrogens (tertiary/aromatic N) is 1. The van der Waals surface area contributed by atoms with E-state index in [0.29, 0.717) is 35.4 Å². The van der Waals surface area contributed by atoms with Crippen LogP contribution in [0.15, 0.2) is 66.7 Å². The first-order valence-corrected chi connectivity index (χ1v) is 12.6. The molecule has 2 aliphatic rings. The molecule has 2 heterocycles. The molecule has 3 atom stereocenters. The largest absolute Gasteiger partial charge is 0.508 e. The maximum atomic E-state index is 14.6. The maximum absolute atomic E-state index is 14.6. The number of ether oxygens (including phenoxy) is 2. The number of phenols is 2. The predicted octanol–water partition coefficient (Wildman–Crippen LogP) is 6.52. The summed E-state index contributed by atoms with van der Waals surface area (Å²) in [5.74, 6) is 1.49. The Morgan fingerprint density at radius 3 is 2.46 bits per heavy atom. The van der Waals surface area contributed by atoms with E-state index in [2.05, 4.69) is 18.7 Å². The number of hydrogen-bond donors (Lipinski definition) is 2. The van der Waals surface area contributed by atoms with Crippen molar-refractivity contribution in [2.75, 3.05) is 19.7 Å². The lowest BCUT2D eigenvalue weighted by Crippen LogP contribution is -2.35. The molecule has 7 heteroatoms. The van der Waals surface area contributed by atoms with Crippen LogP contribution < -0.4 is 9.47 Å². The molecule has 37 heavy (non-hydrogen) atoms. The normalized spacial score (nSPS) is 20.6. The number of fused-ring (bicyclic) bond motifs is 1. The molecule has 5 rings (SSSR count). The Morgan fingerprint density at radius 1 is 1.03 bits per heavy atom. The maximum Gasteiger partial charge on any atom is 0.265 e. The van der Waals surface area contributed by atoms with Gasteiger partial charge in [-0.25, -0.2) is 8.78 Å². The fraction of sp³-hybridized carbons (Fsp3) is 0.333. The van der Waals surface area contributed by atoms with Crippen molar-refractivity contribution < 1.29 is 28.5 Å². The fourth-order valence-electron chi connectivity index (χ4n) is 5.18. The second-order valence-corrected chi connectivity index (χ2v) is 9.97. The number of rotatable bonds is 7. The molecule has 0 bridgehead atoms. The van der Waals surface area contributed by atoms with E-state index in [1.165, 1.54) is 36.8 Å². The van der Waals surface area contributed by atoms with Crippen molar-refractivity contribution in [2.45, 2.75) is 38.8 Å². The van der Waals surface area contributed by atoms with E-state index in [4.69, 9.17) is 9.47 Å². The first-order valence-electron chi connectivity index (χ1n) is 12.6. The van der Waals surface area contributed by atoms with E-state index in [0.717, 1.165) is 13.1 Å². The summed E-state index contributed by atoms with van der Waals surface area (Å²) in [6.07, 6.45) is -2.47. The van der Waals surface area contributed by atoms with E-state index < -0.39 is 12.5 Å².